The van der Waals surface area contributed by atoms with Crippen molar-refractivity contribution in [1.29, 1.82) is 0 Å². The predicted molar refractivity (Wildman–Crippen MR) is 82.2 cm³/mol. The summed E-state index contributed by atoms with van der Waals surface area (Å²) in [6.45, 7) is 5.38. The second kappa shape index (κ2) is 5.98. The molecule has 7 heteroatoms. The first-order chi connectivity index (χ1) is 9.51. The van der Waals surface area contributed by atoms with Crippen LogP contribution in [0.3, 0.4) is 0 Å². The second-order valence-electron chi connectivity index (χ2n) is 3.91. The van der Waals surface area contributed by atoms with E-state index in [9.17, 15) is 0 Å². The van der Waals surface area contributed by atoms with Crippen LogP contribution in [-0.2, 0) is 0 Å². The number of nitrogens with one attached hydrogen (secondary N) is 1. The summed E-state index contributed by atoms with van der Waals surface area (Å²) < 4.78 is 5.57. The molecule has 0 spiro atoms. The first kappa shape index (κ1) is 14.4. The molecule has 0 atom stereocenters. The van der Waals surface area contributed by atoms with Crippen LogP contribution in [0.4, 0.5) is 0 Å². The number of H-pyrrole nitrogens is 1. The van der Waals surface area contributed by atoms with Crippen LogP contribution in [0.1, 0.15) is 5.82 Å². The Balaban J connectivity index is 2.42. The molecule has 1 aromatic heterocycles. The van der Waals surface area contributed by atoms with Gasteiger partial charge in [-0.3, -0.25) is 0 Å². The maximum atomic E-state index is 6.26. The van der Waals surface area contributed by atoms with Crippen LogP contribution in [0.15, 0.2) is 40.7 Å². The summed E-state index contributed by atoms with van der Waals surface area (Å²) >= 11 is 12.0. The van der Waals surface area contributed by atoms with Crippen molar-refractivity contribution in [3.8, 4) is 5.75 Å². The molecule has 104 valence electrons. The molecule has 0 amide bonds. The first-order valence-electron chi connectivity index (χ1n) is 5.64. The number of aliphatic imine (C=N–C) groups is 1. The molecule has 0 bridgehead atoms. The van der Waals surface area contributed by atoms with Gasteiger partial charge in [-0.2, -0.15) is 0 Å². The first-order valence-corrected chi connectivity index (χ1v) is 6.40. The van der Waals surface area contributed by atoms with E-state index in [0.717, 1.165) is 17.7 Å². The lowest BCUT2D eigenvalue weighted by Crippen LogP contribution is -1.97. The summed E-state index contributed by atoms with van der Waals surface area (Å²) in [6.07, 6.45) is 2.53. The fourth-order valence-corrected chi connectivity index (χ4v) is 1.98. The van der Waals surface area contributed by atoms with Gasteiger partial charge in [0, 0.05) is 11.1 Å². The predicted octanol–water partition coefficient (Wildman–Crippen LogP) is 3.48. The lowest BCUT2D eigenvalue weighted by Gasteiger charge is -2.07. The Labute approximate surface area is 125 Å². The minimum absolute atomic E-state index is 0.181. The van der Waals surface area contributed by atoms with Gasteiger partial charge in [0.15, 0.2) is 0 Å². The van der Waals surface area contributed by atoms with E-state index in [1.54, 1.807) is 6.07 Å². The molecule has 3 N–H and O–H groups in total. The van der Waals surface area contributed by atoms with E-state index in [0.29, 0.717) is 16.3 Å². The van der Waals surface area contributed by atoms with Crippen molar-refractivity contribution in [3.63, 3.8) is 0 Å². The van der Waals surface area contributed by atoms with Crippen molar-refractivity contribution < 1.29 is 4.74 Å². The number of halogens is 2. The number of imidazole rings is 1. The molecule has 0 aliphatic carbocycles. The van der Waals surface area contributed by atoms with Gasteiger partial charge >= 0.3 is 0 Å². The van der Waals surface area contributed by atoms with Crippen molar-refractivity contribution in [2.75, 3.05) is 0 Å². The van der Waals surface area contributed by atoms with E-state index >= 15 is 0 Å². The summed E-state index contributed by atoms with van der Waals surface area (Å²) in [5, 5.41) is 0.642. The number of aromatic nitrogens is 2. The Bertz CT molecular complexity index is 718. The monoisotopic (exact) mass is 310 g/mol. The Morgan fingerprint density at radius 1 is 1.55 bits per heavy atom. The number of fused-ring (bicyclic) bond motifs is 1. The van der Waals surface area contributed by atoms with E-state index < -0.39 is 0 Å². The zero-order chi connectivity index (χ0) is 14.7. The standard InChI is InChI=1S/C13H12Cl2N4O/c1-7(14)5-11(17-6-16)20-10-4-3-9-13(12(10)15)19-8(2)18-9/h3-6H,1H2,2H3,(H2,16,17)(H,18,19)/b11-5+. The molecule has 0 aliphatic heterocycles. The van der Waals surface area contributed by atoms with Gasteiger partial charge in [0.2, 0.25) is 5.88 Å². The van der Waals surface area contributed by atoms with Crippen molar-refractivity contribution in [2.24, 2.45) is 10.7 Å². The zero-order valence-electron chi connectivity index (χ0n) is 10.7. The third-order valence-corrected chi connectivity index (χ3v) is 2.85. The van der Waals surface area contributed by atoms with Crippen LogP contribution >= 0.6 is 23.2 Å². The number of hydrogen-bond donors (Lipinski definition) is 2. The van der Waals surface area contributed by atoms with Gasteiger partial charge in [-0.15, -0.1) is 0 Å². The molecular formula is C13H12Cl2N4O. The summed E-state index contributed by atoms with van der Waals surface area (Å²) in [4.78, 5) is 11.2. The molecular weight excluding hydrogens is 299 g/mol. The number of allylic oxidation sites excluding steroid dienone is 2. The molecule has 1 aromatic carbocycles. The minimum atomic E-state index is 0.181. The molecule has 0 saturated carbocycles. The quantitative estimate of drug-likeness (QED) is 0.393. The van der Waals surface area contributed by atoms with Gasteiger partial charge in [0.25, 0.3) is 0 Å². The molecule has 2 aromatic rings. The Hall–Kier alpha value is -1.98. The topological polar surface area (TPSA) is 76.3 Å². The number of ether oxygens (including phenoxy) is 1. The van der Waals surface area contributed by atoms with Crippen molar-refractivity contribution in [2.45, 2.75) is 6.92 Å². The number of hydrogen-bond acceptors (Lipinski definition) is 3. The van der Waals surface area contributed by atoms with Crippen molar-refractivity contribution in [1.82, 2.24) is 9.97 Å². The lowest BCUT2D eigenvalue weighted by molar-refractivity contribution is 0.422. The largest absolute Gasteiger partial charge is 0.437 e. The fraction of sp³-hybridized carbons (Fsp3) is 0.0769. The van der Waals surface area contributed by atoms with Crippen molar-refractivity contribution in [3.05, 3.63) is 46.6 Å². The lowest BCUT2D eigenvalue weighted by atomic mass is 10.3. The molecule has 0 fully saturated rings. The molecule has 0 aliphatic rings. The van der Waals surface area contributed by atoms with Crippen LogP contribution in [0.5, 0.6) is 5.75 Å². The zero-order valence-corrected chi connectivity index (χ0v) is 12.2. The normalized spacial score (nSPS) is 12.2. The number of benzene rings is 1. The fourth-order valence-electron chi connectivity index (χ4n) is 1.64. The van der Waals surface area contributed by atoms with Crippen molar-refractivity contribution >= 4 is 40.6 Å². The highest BCUT2D eigenvalue weighted by Gasteiger charge is 2.11. The Morgan fingerprint density at radius 2 is 2.30 bits per heavy atom. The maximum Gasteiger partial charge on any atom is 0.222 e. The Morgan fingerprint density at radius 3 is 2.95 bits per heavy atom. The van der Waals surface area contributed by atoms with Crippen LogP contribution in [0.2, 0.25) is 5.02 Å². The van der Waals surface area contributed by atoms with E-state index in [1.807, 2.05) is 13.0 Å². The third kappa shape index (κ3) is 3.12. The van der Waals surface area contributed by atoms with Gasteiger partial charge in [0.05, 0.1) is 11.9 Å². The van der Waals surface area contributed by atoms with Crippen LogP contribution in [0, 0.1) is 6.92 Å². The van der Waals surface area contributed by atoms with Gasteiger partial charge in [-0.05, 0) is 19.1 Å². The SMILES string of the molecule is C=C(Cl)/C=C(\N=C/N)Oc1ccc2[nH]c(C)nc2c1Cl. The number of aryl methyl sites for hydroxylation is 1. The molecule has 2 rings (SSSR count). The molecule has 0 unspecified atom stereocenters. The van der Waals surface area contributed by atoms with Gasteiger partial charge in [-0.25, -0.2) is 9.98 Å². The van der Waals surface area contributed by atoms with E-state index in [1.165, 1.54) is 6.08 Å². The van der Waals surface area contributed by atoms with Gasteiger partial charge in [0.1, 0.15) is 22.1 Å². The summed E-state index contributed by atoms with van der Waals surface area (Å²) in [5.41, 5.74) is 6.71. The second-order valence-corrected chi connectivity index (χ2v) is 4.77. The number of nitrogens with zero attached hydrogens (tertiary/aromatic N) is 2. The minimum Gasteiger partial charge on any atom is -0.437 e. The summed E-state index contributed by atoms with van der Waals surface area (Å²) in [5.74, 6) is 1.35. The number of aromatic amines is 1. The van der Waals surface area contributed by atoms with E-state index in [4.69, 9.17) is 33.7 Å². The van der Waals surface area contributed by atoms with Crippen LogP contribution < -0.4 is 10.5 Å². The van der Waals surface area contributed by atoms with E-state index in [-0.39, 0.29) is 10.9 Å². The smallest absolute Gasteiger partial charge is 0.222 e. The molecule has 0 saturated heterocycles. The van der Waals surface area contributed by atoms with Gasteiger partial charge < -0.3 is 15.5 Å². The summed E-state index contributed by atoms with van der Waals surface area (Å²) in [6, 6.07) is 3.52. The molecule has 20 heavy (non-hydrogen) atoms. The Kier molecular flexibility index (Phi) is 4.32. The van der Waals surface area contributed by atoms with Crippen LogP contribution in [-0.4, -0.2) is 16.3 Å². The molecule has 5 nitrogen and oxygen atoms in total. The average molecular weight is 311 g/mol. The average Bonchev–Trinajstić information content (AvgIpc) is 2.74. The highest BCUT2D eigenvalue weighted by molar-refractivity contribution is 6.36. The number of nitrogens with two attached hydrogens (primary N) is 1. The third-order valence-electron chi connectivity index (χ3n) is 2.37. The number of rotatable bonds is 4. The summed E-state index contributed by atoms with van der Waals surface area (Å²) in [7, 11) is 0. The van der Waals surface area contributed by atoms with E-state index in [2.05, 4.69) is 21.5 Å². The highest BCUT2D eigenvalue weighted by Crippen LogP contribution is 2.32. The molecule has 1 heterocycles. The maximum absolute atomic E-state index is 6.26. The highest BCUT2D eigenvalue weighted by atomic mass is 35.5. The van der Waals surface area contributed by atoms with Crippen LogP contribution in [0.25, 0.3) is 11.0 Å². The van der Waals surface area contributed by atoms with Gasteiger partial charge in [-0.1, -0.05) is 29.8 Å². The molecule has 0 radical (unpaired) electrons.